The molecule has 1 aliphatic rings. The van der Waals surface area contributed by atoms with Crippen LogP contribution >= 0.6 is 0 Å². The molecule has 0 aliphatic carbocycles. The second kappa shape index (κ2) is 4.84. The fraction of sp³-hybridized carbons (Fsp3) is 0.556. The number of aromatic nitrogens is 2. The zero-order valence-corrected chi connectivity index (χ0v) is 8.80. The molecule has 0 radical (unpaired) electrons. The van der Waals surface area contributed by atoms with Gasteiger partial charge in [0.25, 0.3) is 0 Å². The van der Waals surface area contributed by atoms with Crippen LogP contribution in [0.15, 0.2) is 12.4 Å². The quantitative estimate of drug-likeness (QED) is 0.612. The summed E-state index contributed by atoms with van der Waals surface area (Å²) in [4.78, 5) is 17.7. The van der Waals surface area contributed by atoms with Gasteiger partial charge in [-0.2, -0.15) is 0 Å². The maximum Gasteiger partial charge on any atom is 0.305 e. The smallest absolute Gasteiger partial charge is 0.287 e. The highest BCUT2D eigenvalue weighted by molar-refractivity contribution is 5.29. The summed E-state index contributed by atoms with van der Waals surface area (Å²) < 4.78 is 0. The van der Waals surface area contributed by atoms with Crippen molar-refractivity contribution in [2.24, 2.45) is 0 Å². The predicted molar refractivity (Wildman–Crippen MR) is 57.7 cm³/mol. The Kier molecular flexibility index (Phi) is 3.25. The van der Waals surface area contributed by atoms with Gasteiger partial charge in [-0.05, 0) is 12.8 Å². The Morgan fingerprint density at radius 1 is 1.25 bits per heavy atom. The normalized spacial score (nSPS) is 17.0. The van der Waals surface area contributed by atoms with Crippen LogP contribution in [0.2, 0.25) is 0 Å². The van der Waals surface area contributed by atoms with Crippen molar-refractivity contribution in [1.29, 1.82) is 0 Å². The van der Waals surface area contributed by atoms with E-state index in [4.69, 9.17) is 0 Å². The summed E-state index contributed by atoms with van der Waals surface area (Å²) in [5.74, 6) is 0.410. The highest BCUT2D eigenvalue weighted by atomic mass is 16.6. The van der Waals surface area contributed by atoms with E-state index >= 15 is 0 Å². The van der Waals surface area contributed by atoms with E-state index in [1.165, 1.54) is 18.8 Å². The maximum atomic E-state index is 10.4. The van der Waals surface area contributed by atoms with Gasteiger partial charge in [-0.25, -0.2) is 15.0 Å². The number of hydrazine groups is 1. The Morgan fingerprint density at radius 3 is 2.44 bits per heavy atom. The van der Waals surface area contributed by atoms with E-state index in [1.807, 2.05) is 5.01 Å². The van der Waals surface area contributed by atoms with Crippen molar-refractivity contribution in [3.63, 3.8) is 0 Å². The zero-order valence-electron chi connectivity index (χ0n) is 8.80. The predicted octanol–water partition coefficient (Wildman–Crippen LogP) is 1.20. The molecule has 0 aromatic carbocycles. The van der Waals surface area contributed by atoms with E-state index < -0.39 is 4.92 Å². The summed E-state index contributed by atoms with van der Waals surface area (Å²) >= 11 is 0. The highest BCUT2D eigenvalue weighted by Gasteiger charge is 2.12. The van der Waals surface area contributed by atoms with Gasteiger partial charge in [0.1, 0.15) is 12.4 Å². The molecule has 86 valence electrons. The van der Waals surface area contributed by atoms with Crippen molar-refractivity contribution >= 4 is 11.6 Å². The summed E-state index contributed by atoms with van der Waals surface area (Å²) in [6.07, 6.45) is 5.97. The van der Waals surface area contributed by atoms with E-state index in [2.05, 4.69) is 15.4 Å². The molecule has 0 spiro atoms. The Bertz CT molecular complexity index is 361. The highest BCUT2D eigenvalue weighted by Crippen LogP contribution is 2.11. The van der Waals surface area contributed by atoms with Crippen LogP contribution in [0.3, 0.4) is 0 Å². The average molecular weight is 223 g/mol. The van der Waals surface area contributed by atoms with Gasteiger partial charge in [0, 0.05) is 13.1 Å². The molecular formula is C9H13N5O2. The Labute approximate surface area is 92.6 Å². The third-order valence-corrected chi connectivity index (χ3v) is 2.46. The largest absolute Gasteiger partial charge is 0.305 e. The van der Waals surface area contributed by atoms with E-state index in [0.717, 1.165) is 25.9 Å². The molecule has 0 unspecified atom stereocenters. The summed E-state index contributed by atoms with van der Waals surface area (Å²) in [6.45, 7) is 1.92. The van der Waals surface area contributed by atoms with Crippen molar-refractivity contribution in [2.75, 3.05) is 18.5 Å². The number of nitrogens with zero attached hydrogens (tertiary/aromatic N) is 4. The molecule has 1 N–H and O–H groups in total. The number of nitro groups is 1. The Hall–Kier alpha value is -1.76. The van der Waals surface area contributed by atoms with Crippen molar-refractivity contribution < 1.29 is 4.92 Å². The molecule has 16 heavy (non-hydrogen) atoms. The number of rotatable bonds is 3. The van der Waals surface area contributed by atoms with Crippen LogP contribution in [0, 0.1) is 10.1 Å². The molecule has 7 nitrogen and oxygen atoms in total. The first-order valence-electron chi connectivity index (χ1n) is 5.24. The molecule has 0 atom stereocenters. The van der Waals surface area contributed by atoms with Crippen LogP contribution in [0.5, 0.6) is 0 Å². The fourth-order valence-electron chi connectivity index (χ4n) is 1.62. The molecule has 0 bridgehead atoms. The summed E-state index contributed by atoms with van der Waals surface area (Å²) in [5.41, 5.74) is 2.94. The molecule has 0 saturated carbocycles. The van der Waals surface area contributed by atoms with Crippen molar-refractivity contribution in [1.82, 2.24) is 15.0 Å². The molecule has 2 rings (SSSR count). The van der Waals surface area contributed by atoms with Gasteiger partial charge in [-0.1, -0.05) is 6.42 Å². The van der Waals surface area contributed by atoms with Gasteiger partial charge in [-0.15, -0.1) is 0 Å². The lowest BCUT2D eigenvalue weighted by Crippen LogP contribution is -2.35. The lowest BCUT2D eigenvalue weighted by molar-refractivity contribution is -0.385. The van der Waals surface area contributed by atoms with E-state index in [0.29, 0.717) is 5.95 Å². The van der Waals surface area contributed by atoms with E-state index in [1.54, 1.807) is 0 Å². The molecule has 1 aromatic heterocycles. The minimum Gasteiger partial charge on any atom is -0.287 e. The molecule has 1 fully saturated rings. The monoisotopic (exact) mass is 223 g/mol. The van der Waals surface area contributed by atoms with Crippen LogP contribution in [-0.4, -0.2) is 33.0 Å². The van der Waals surface area contributed by atoms with Gasteiger partial charge in [0.2, 0.25) is 5.95 Å². The SMILES string of the molecule is O=[N+]([O-])c1cnc(NN2CCCCC2)nc1. The average Bonchev–Trinajstić information content (AvgIpc) is 2.31. The number of hydrogen-bond acceptors (Lipinski definition) is 6. The van der Waals surface area contributed by atoms with Gasteiger partial charge < -0.3 is 0 Å². The van der Waals surface area contributed by atoms with E-state index in [-0.39, 0.29) is 5.69 Å². The zero-order chi connectivity index (χ0) is 11.4. The van der Waals surface area contributed by atoms with Gasteiger partial charge in [0.15, 0.2) is 0 Å². The van der Waals surface area contributed by atoms with Crippen LogP contribution in [0.4, 0.5) is 11.6 Å². The Balaban J connectivity index is 1.96. The molecule has 1 aromatic rings. The molecule has 1 saturated heterocycles. The summed E-state index contributed by atoms with van der Waals surface area (Å²) in [7, 11) is 0. The van der Waals surface area contributed by atoms with Crippen molar-refractivity contribution in [2.45, 2.75) is 19.3 Å². The maximum absolute atomic E-state index is 10.4. The first kappa shape index (κ1) is 10.7. The molecule has 7 heteroatoms. The minimum atomic E-state index is -0.509. The lowest BCUT2D eigenvalue weighted by atomic mass is 10.2. The third-order valence-electron chi connectivity index (χ3n) is 2.46. The van der Waals surface area contributed by atoms with Crippen molar-refractivity contribution in [3.05, 3.63) is 22.5 Å². The van der Waals surface area contributed by atoms with Crippen LogP contribution in [0.25, 0.3) is 0 Å². The van der Waals surface area contributed by atoms with Crippen LogP contribution < -0.4 is 5.43 Å². The van der Waals surface area contributed by atoms with Crippen LogP contribution in [-0.2, 0) is 0 Å². The Morgan fingerprint density at radius 2 is 1.88 bits per heavy atom. The van der Waals surface area contributed by atoms with Gasteiger partial charge >= 0.3 is 5.69 Å². The number of piperidine rings is 1. The minimum absolute atomic E-state index is 0.0933. The molecule has 1 aliphatic heterocycles. The first-order valence-corrected chi connectivity index (χ1v) is 5.24. The lowest BCUT2D eigenvalue weighted by Gasteiger charge is -2.26. The number of anilines is 1. The van der Waals surface area contributed by atoms with Gasteiger partial charge in [0.05, 0.1) is 4.92 Å². The van der Waals surface area contributed by atoms with Gasteiger partial charge in [-0.3, -0.25) is 15.5 Å². The van der Waals surface area contributed by atoms with Crippen molar-refractivity contribution in [3.8, 4) is 0 Å². The van der Waals surface area contributed by atoms with Crippen LogP contribution in [0.1, 0.15) is 19.3 Å². The molecule has 2 heterocycles. The molecular weight excluding hydrogens is 210 g/mol. The second-order valence-corrected chi connectivity index (χ2v) is 3.68. The van der Waals surface area contributed by atoms with E-state index in [9.17, 15) is 10.1 Å². The fourth-order valence-corrected chi connectivity index (χ4v) is 1.62. The summed E-state index contributed by atoms with van der Waals surface area (Å²) in [5, 5.41) is 12.4. The standard InChI is InChI=1S/C9H13N5O2/c15-14(16)8-6-10-9(11-7-8)12-13-4-2-1-3-5-13/h6-7H,1-5H2,(H,10,11,12). The molecule has 0 amide bonds. The third kappa shape index (κ3) is 2.63. The first-order chi connectivity index (χ1) is 7.75. The second-order valence-electron chi connectivity index (χ2n) is 3.68. The summed E-state index contributed by atoms with van der Waals surface area (Å²) in [6, 6.07) is 0. The number of hydrogen-bond donors (Lipinski definition) is 1. The number of nitrogens with one attached hydrogen (secondary N) is 1. The topological polar surface area (TPSA) is 84.2 Å².